The van der Waals surface area contributed by atoms with E-state index in [-0.39, 0.29) is 5.82 Å². The number of rotatable bonds is 7. The van der Waals surface area contributed by atoms with Gasteiger partial charge in [-0.25, -0.2) is 4.39 Å². The fraction of sp³-hybridized carbons (Fsp3) is 0.333. The highest BCUT2D eigenvalue weighted by molar-refractivity contribution is 7.99. The molecule has 0 aliphatic carbocycles. The lowest BCUT2D eigenvalue weighted by atomic mass is 10.0. The van der Waals surface area contributed by atoms with Gasteiger partial charge >= 0.3 is 0 Å². The lowest BCUT2D eigenvalue weighted by molar-refractivity contribution is 0.512. The standard InChI is InChI=1S/C18H22FNS/c1-3-13-20-17(4-2)16-7-5-6-8-18(16)21-15-11-9-14(19)10-12-15/h5-12,17,20H,3-4,13H2,1-2H3. The first-order valence-electron chi connectivity index (χ1n) is 7.50. The van der Waals surface area contributed by atoms with Gasteiger partial charge in [-0.1, -0.05) is 43.8 Å². The van der Waals surface area contributed by atoms with Crippen molar-refractivity contribution in [3.8, 4) is 0 Å². The Morgan fingerprint density at radius 2 is 1.76 bits per heavy atom. The van der Waals surface area contributed by atoms with E-state index in [0.717, 1.165) is 24.3 Å². The summed E-state index contributed by atoms with van der Waals surface area (Å²) in [5.41, 5.74) is 1.32. The van der Waals surface area contributed by atoms with Crippen LogP contribution in [0, 0.1) is 5.82 Å². The van der Waals surface area contributed by atoms with Gasteiger partial charge in [0.1, 0.15) is 5.82 Å². The number of benzene rings is 2. The highest BCUT2D eigenvalue weighted by Crippen LogP contribution is 2.34. The summed E-state index contributed by atoms with van der Waals surface area (Å²) < 4.78 is 13.0. The molecule has 0 saturated heterocycles. The summed E-state index contributed by atoms with van der Waals surface area (Å²) in [6.45, 7) is 5.40. The molecule has 2 rings (SSSR count). The number of nitrogens with one attached hydrogen (secondary N) is 1. The normalized spacial score (nSPS) is 12.3. The quantitative estimate of drug-likeness (QED) is 0.732. The first-order valence-corrected chi connectivity index (χ1v) is 8.32. The van der Waals surface area contributed by atoms with Crippen LogP contribution in [0.5, 0.6) is 0 Å². The molecule has 1 unspecified atom stereocenters. The van der Waals surface area contributed by atoms with Crippen LogP contribution in [0.3, 0.4) is 0 Å². The van der Waals surface area contributed by atoms with Crippen LogP contribution in [0.2, 0.25) is 0 Å². The van der Waals surface area contributed by atoms with Gasteiger partial charge in [-0.2, -0.15) is 0 Å². The van der Waals surface area contributed by atoms with Crippen LogP contribution in [-0.4, -0.2) is 6.54 Å². The summed E-state index contributed by atoms with van der Waals surface area (Å²) in [4.78, 5) is 2.30. The molecule has 1 nitrogen and oxygen atoms in total. The van der Waals surface area contributed by atoms with Crippen LogP contribution in [0.4, 0.5) is 4.39 Å². The molecule has 2 aromatic carbocycles. The van der Waals surface area contributed by atoms with Crippen molar-refractivity contribution in [2.75, 3.05) is 6.54 Å². The third kappa shape index (κ3) is 4.58. The van der Waals surface area contributed by atoms with Gasteiger partial charge in [0.2, 0.25) is 0 Å². The molecule has 0 radical (unpaired) electrons. The lowest BCUT2D eigenvalue weighted by Gasteiger charge is -2.20. The molecule has 0 aliphatic rings. The second kappa shape index (κ2) is 8.20. The average Bonchev–Trinajstić information content (AvgIpc) is 2.52. The maximum atomic E-state index is 13.0. The van der Waals surface area contributed by atoms with Crippen LogP contribution < -0.4 is 5.32 Å². The molecule has 1 N–H and O–H groups in total. The van der Waals surface area contributed by atoms with Crippen molar-refractivity contribution in [3.05, 3.63) is 59.9 Å². The Morgan fingerprint density at radius 3 is 2.43 bits per heavy atom. The highest BCUT2D eigenvalue weighted by Gasteiger charge is 2.13. The summed E-state index contributed by atoms with van der Waals surface area (Å²) in [5.74, 6) is -0.191. The van der Waals surface area contributed by atoms with Crippen molar-refractivity contribution in [2.45, 2.75) is 42.5 Å². The Bertz CT molecular complexity index is 553. The van der Waals surface area contributed by atoms with E-state index in [1.165, 1.54) is 22.6 Å². The molecule has 0 bridgehead atoms. The third-order valence-electron chi connectivity index (χ3n) is 3.38. The Labute approximate surface area is 131 Å². The van der Waals surface area contributed by atoms with Gasteiger partial charge < -0.3 is 5.32 Å². The van der Waals surface area contributed by atoms with Gasteiger partial charge in [-0.3, -0.25) is 0 Å². The maximum absolute atomic E-state index is 13.0. The minimum Gasteiger partial charge on any atom is -0.310 e. The molecular formula is C18H22FNS. The lowest BCUT2D eigenvalue weighted by Crippen LogP contribution is -2.21. The van der Waals surface area contributed by atoms with Crippen molar-refractivity contribution in [1.29, 1.82) is 0 Å². The monoisotopic (exact) mass is 303 g/mol. The Kier molecular flexibility index (Phi) is 6.27. The summed E-state index contributed by atoms with van der Waals surface area (Å²) in [6, 6.07) is 15.5. The fourth-order valence-corrected chi connectivity index (χ4v) is 3.28. The van der Waals surface area contributed by atoms with E-state index >= 15 is 0 Å². The van der Waals surface area contributed by atoms with E-state index in [1.807, 2.05) is 12.1 Å². The molecule has 2 aromatic rings. The Morgan fingerprint density at radius 1 is 1.05 bits per heavy atom. The number of hydrogen-bond acceptors (Lipinski definition) is 2. The molecule has 0 saturated carbocycles. The van der Waals surface area contributed by atoms with Crippen LogP contribution in [0.25, 0.3) is 0 Å². The van der Waals surface area contributed by atoms with Crippen LogP contribution in [-0.2, 0) is 0 Å². The van der Waals surface area contributed by atoms with Gasteiger partial charge in [0, 0.05) is 15.8 Å². The Hall–Kier alpha value is -1.32. The van der Waals surface area contributed by atoms with E-state index in [9.17, 15) is 4.39 Å². The number of hydrogen-bond donors (Lipinski definition) is 1. The topological polar surface area (TPSA) is 12.0 Å². The molecular weight excluding hydrogens is 281 g/mol. The van der Waals surface area contributed by atoms with Crippen LogP contribution in [0.1, 0.15) is 38.3 Å². The van der Waals surface area contributed by atoms with Gasteiger partial charge in [0.05, 0.1) is 0 Å². The highest BCUT2D eigenvalue weighted by atomic mass is 32.2. The SMILES string of the molecule is CCCNC(CC)c1ccccc1Sc1ccc(F)cc1. The zero-order chi connectivity index (χ0) is 15.1. The minimum atomic E-state index is -0.191. The van der Waals surface area contributed by atoms with Gasteiger partial charge in [-0.05, 0) is 55.3 Å². The molecule has 0 amide bonds. The first-order chi connectivity index (χ1) is 10.2. The third-order valence-corrected chi connectivity index (χ3v) is 4.48. The van der Waals surface area contributed by atoms with Gasteiger partial charge in [-0.15, -0.1) is 0 Å². The molecule has 21 heavy (non-hydrogen) atoms. The molecule has 0 heterocycles. The van der Waals surface area contributed by atoms with E-state index < -0.39 is 0 Å². The molecule has 0 fully saturated rings. The molecule has 0 aromatic heterocycles. The zero-order valence-corrected chi connectivity index (χ0v) is 13.4. The predicted octanol–water partition coefficient (Wildman–Crippen LogP) is 5.43. The summed E-state index contributed by atoms with van der Waals surface area (Å²) in [6.07, 6.45) is 2.19. The second-order valence-corrected chi connectivity index (χ2v) is 6.12. The van der Waals surface area contributed by atoms with Crippen LogP contribution >= 0.6 is 11.8 Å². The van der Waals surface area contributed by atoms with Crippen molar-refractivity contribution < 1.29 is 4.39 Å². The molecule has 3 heteroatoms. The molecule has 0 spiro atoms. The summed E-state index contributed by atoms with van der Waals surface area (Å²) in [7, 11) is 0. The summed E-state index contributed by atoms with van der Waals surface area (Å²) >= 11 is 1.69. The van der Waals surface area contributed by atoms with Crippen LogP contribution in [0.15, 0.2) is 58.3 Å². The maximum Gasteiger partial charge on any atom is 0.123 e. The van der Waals surface area contributed by atoms with Crippen molar-refractivity contribution in [1.82, 2.24) is 5.32 Å². The van der Waals surface area contributed by atoms with E-state index in [0.29, 0.717) is 6.04 Å². The van der Waals surface area contributed by atoms with Crippen molar-refractivity contribution in [2.24, 2.45) is 0 Å². The molecule has 1 atom stereocenters. The zero-order valence-electron chi connectivity index (χ0n) is 12.6. The van der Waals surface area contributed by atoms with Crippen molar-refractivity contribution in [3.63, 3.8) is 0 Å². The van der Waals surface area contributed by atoms with E-state index in [1.54, 1.807) is 11.8 Å². The summed E-state index contributed by atoms with van der Waals surface area (Å²) in [5, 5.41) is 3.60. The van der Waals surface area contributed by atoms with E-state index in [4.69, 9.17) is 0 Å². The van der Waals surface area contributed by atoms with E-state index in [2.05, 4.69) is 43.4 Å². The first kappa shape index (κ1) is 16.1. The second-order valence-electron chi connectivity index (χ2n) is 5.01. The molecule has 112 valence electrons. The number of halogens is 1. The fourth-order valence-electron chi connectivity index (χ4n) is 2.28. The smallest absolute Gasteiger partial charge is 0.123 e. The average molecular weight is 303 g/mol. The van der Waals surface area contributed by atoms with Gasteiger partial charge in [0.15, 0.2) is 0 Å². The van der Waals surface area contributed by atoms with Crippen molar-refractivity contribution >= 4 is 11.8 Å². The predicted molar refractivity (Wildman–Crippen MR) is 88.3 cm³/mol. The molecule has 0 aliphatic heterocycles. The largest absolute Gasteiger partial charge is 0.310 e. The van der Waals surface area contributed by atoms with Gasteiger partial charge in [0.25, 0.3) is 0 Å². The Balaban J connectivity index is 2.21. The minimum absolute atomic E-state index is 0.191.